The van der Waals surface area contributed by atoms with E-state index in [1.807, 2.05) is 0 Å². The van der Waals surface area contributed by atoms with Crippen molar-refractivity contribution in [3.05, 3.63) is 52.8 Å². The van der Waals surface area contributed by atoms with Crippen molar-refractivity contribution in [2.75, 3.05) is 19.7 Å². The van der Waals surface area contributed by atoms with Gasteiger partial charge >= 0.3 is 5.97 Å². The zero-order chi connectivity index (χ0) is 28.5. The number of carbonyl (C=O) groups is 2. The first kappa shape index (κ1) is 29.0. The van der Waals surface area contributed by atoms with E-state index in [-0.39, 0.29) is 58.6 Å². The molecule has 0 bridgehead atoms. The Bertz CT molecular complexity index is 1680. The van der Waals surface area contributed by atoms with Gasteiger partial charge in [-0.05, 0) is 63.2 Å². The summed E-state index contributed by atoms with van der Waals surface area (Å²) in [4.78, 5) is 29.5. The minimum atomic E-state index is -3.98. The first-order chi connectivity index (χ1) is 18.3. The smallest absolute Gasteiger partial charge is 0.326 e. The fourth-order valence-corrected chi connectivity index (χ4v) is 7.47. The molecule has 39 heavy (non-hydrogen) atoms. The van der Waals surface area contributed by atoms with Crippen molar-refractivity contribution in [3.8, 4) is 0 Å². The van der Waals surface area contributed by atoms with E-state index in [9.17, 15) is 26.4 Å². The molecule has 0 aliphatic carbocycles. The molecule has 0 spiro atoms. The standard InChI is InChI=1S/C24H28N4O8S3/c1-4-35-22(29)14-28-20-10-9-19(38(25,31)32)11-21(20)37-24(28)26-23(30)17-5-7-18(8-6-17)39(33,34)27-12-15(2)36-16(3)13-27/h5-11,15-16H,4,12-14H2,1-3H3,(H2,25,31,32). The normalized spacial score (nSPS) is 19.3. The van der Waals surface area contributed by atoms with Crippen molar-refractivity contribution < 1.29 is 35.9 Å². The van der Waals surface area contributed by atoms with Crippen molar-refractivity contribution in [2.24, 2.45) is 10.1 Å². The van der Waals surface area contributed by atoms with Gasteiger partial charge in [-0.1, -0.05) is 11.3 Å². The van der Waals surface area contributed by atoms with Crippen molar-refractivity contribution in [3.63, 3.8) is 0 Å². The van der Waals surface area contributed by atoms with Crippen LogP contribution in [0.3, 0.4) is 0 Å². The molecule has 4 rings (SSSR count). The quantitative estimate of drug-likeness (QED) is 0.400. The zero-order valence-corrected chi connectivity index (χ0v) is 23.9. The molecule has 2 unspecified atom stereocenters. The Labute approximate surface area is 229 Å². The molecule has 2 N–H and O–H groups in total. The molecule has 15 heteroatoms. The van der Waals surface area contributed by atoms with Gasteiger partial charge in [0.15, 0.2) is 4.80 Å². The van der Waals surface area contributed by atoms with Crippen LogP contribution in [0, 0.1) is 0 Å². The number of aromatic nitrogens is 1. The third kappa shape index (κ3) is 6.45. The van der Waals surface area contributed by atoms with Crippen LogP contribution in [0.25, 0.3) is 10.2 Å². The molecule has 2 atom stereocenters. The molecule has 2 aromatic carbocycles. The minimum Gasteiger partial charge on any atom is -0.465 e. The maximum Gasteiger partial charge on any atom is 0.326 e. The molecular formula is C24H28N4O8S3. The molecule has 3 aromatic rings. The van der Waals surface area contributed by atoms with Crippen LogP contribution in [0.4, 0.5) is 0 Å². The largest absolute Gasteiger partial charge is 0.465 e. The van der Waals surface area contributed by atoms with E-state index in [0.29, 0.717) is 10.2 Å². The predicted molar refractivity (Wildman–Crippen MR) is 143 cm³/mol. The van der Waals surface area contributed by atoms with Gasteiger partial charge < -0.3 is 14.0 Å². The average molecular weight is 597 g/mol. The van der Waals surface area contributed by atoms with Crippen molar-refractivity contribution in [1.82, 2.24) is 8.87 Å². The van der Waals surface area contributed by atoms with Crippen LogP contribution < -0.4 is 9.94 Å². The van der Waals surface area contributed by atoms with Crippen molar-refractivity contribution in [2.45, 2.75) is 49.3 Å². The van der Waals surface area contributed by atoms with Gasteiger partial charge in [-0.25, -0.2) is 22.0 Å². The molecule has 1 fully saturated rings. The molecule has 0 radical (unpaired) electrons. The van der Waals surface area contributed by atoms with Crippen LogP contribution >= 0.6 is 11.3 Å². The third-order valence-electron chi connectivity index (χ3n) is 5.90. The summed E-state index contributed by atoms with van der Waals surface area (Å²) in [7, 11) is -7.77. The van der Waals surface area contributed by atoms with E-state index in [1.165, 1.54) is 51.3 Å². The lowest BCUT2D eigenvalue weighted by molar-refractivity contribution is -0.143. The van der Waals surface area contributed by atoms with Crippen LogP contribution in [0.2, 0.25) is 0 Å². The number of esters is 1. The number of primary sulfonamides is 1. The molecule has 1 aromatic heterocycles. The maximum atomic E-state index is 13.1. The highest BCUT2D eigenvalue weighted by Crippen LogP contribution is 2.23. The molecule has 1 aliphatic rings. The SMILES string of the molecule is CCOC(=O)Cn1c(=NC(=O)c2ccc(S(=O)(=O)N3CC(C)OC(C)C3)cc2)sc2cc(S(N)(=O)=O)ccc21. The number of fused-ring (bicyclic) bond motifs is 1. The van der Waals surface area contributed by atoms with E-state index in [4.69, 9.17) is 14.6 Å². The van der Waals surface area contributed by atoms with E-state index < -0.39 is 31.9 Å². The molecule has 1 amide bonds. The van der Waals surface area contributed by atoms with Crippen molar-refractivity contribution in [1.29, 1.82) is 0 Å². The topological polar surface area (TPSA) is 167 Å². The highest BCUT2D eigenvalue weighted by Gasteiger charge is 2.32. The Morgan fingerprint density at radius 1 is 1.05 bits per heavy atom. The Kier molecular flexibility index (Phi) is 8.39. The lowest BCUT2D eigenvalue weighted by atomic mass is 10.2. The number of thiazole rings is 1. The summed E-state index contributed by atoms with van der Waals surface area (Å²) in [6.45, 7) is 5.61. The van der Waals surface area contributed by atoms with E-state index in [0.717, 1.165) is 11.3 Å². The van der Waals surface area contributed by atoms with Gasteiger partial charge in [0.25, 0.3) is 5.91 Å². The summed E-state index contributed by atoms with van der Waals surface area (Å²) in [5.41, 5.74) is 0.588. The fourth-order valence-electron chi connectivity index (χ4n) is 4.20. The predicted octanol–water partition coefficient (Wildman–Crippen LogP) is 1.45. The number of morpholine rings is 1. The van der Waals surface area contributed by atoms with Crippen molar-refractivity contribution >= 4 is 53.5 Å². The Morgan fingerprint density at radius 3 is 2.26 bits per heavy atom. The number of benzene rings is 2. The summed E-state index contributed by atoms with van der Waals surface area (Å²) < 4.78 is 63.7. The molecular weight excluding hydrogens is 568 g/mol. The molecule has 210 valence electrons. The number of carbonyl (C=O) groups excluding carboxylic acids is 2. The van der Waals surface area contributed by atoms with Crippen LogP contribution in [0.1, 0.15) is 31.1 Å². The fraction of sp³-hybridized carbons (Fsp3) is 0.375. The highest BCUT2D eigenvalue weighted by atomic mass is 32.2. The summed E-state index contributed by atoms with van der Waals surface area (Å²) in [6, 6.07) is 9.54. The third-order valence-corrected chi connectivity index (χ3v) is 9.70. The van der Waals surface area contributed by atoms with Gasteiger partial charge in [-0.15, -0.1) is 0 Å². The van der Waals surface area contributed by atoms with Crippen LogP contribution in [0.5, 0.6) is 0 Å². The number of hydrogen-bond acceptors (Lipinski definition) is 9. The summed E-state index contributed by atoms with van der Waals surface area (Å²) in [5, 5.41) is 5.24. The Hall–Kier alpha value is -2.95. The molecule has 12 nitrogen and oxygen atoms in total. The number of rotatable bonds is 7. The van der Waals surface area contributed by atoms with E-state index in [1.54, 1.807) is 20.8 Å². The second kappa shape index (κ2) is 11.3. The maximum absolute atomic E-state index is 13.1. The van der Waals surface area contributed by atoms with Gasteiger partial charge in [-0.3, -0.25) is 9.59 Å². The Balaban J connectivity index is 1.69. The first-order valence-electron chi connectivity index (χ1n) is 12.0. The highest BCUT2D eigenvalue weighted by molar-refractivity contribution is 7.89. The summed E-state index contributed by atoms with van der Waals surface area (Å²) >= 11 is 0.997. The van der Waals surface area contributed by atoms with E-state index in [2.05, 4.69) is 4.99 Å². The minimum absolute atomic E-state index is 0.0371. The molecule has 2 heterocycles. The number of nitrogens with zero attached hydrogens (tertiary/aromatic N) is 3. The number of hydrogen-bond donors (Lipinski definition) is 1. The molecule has 0 saturated carbocycles. The molecule has 1 saturated heterocycles. The Morgan fingerprint density at radius 2 is 1.67 bits per heavy atom. The lowest BCUT2D eigenvalue weighted by Gasteiger charge is -2.34. The summed E-state index contributed by atoms with van der Waals surface area (Å²) in [6.07, 6.45) is -0.487. The number of sulfonamides is 2. The summed E-state index contributed by atoms with van der Waals surface area (Å²) in [5.74, 6) is -1.24. The van der Waals surface area contributed by atoms with E-state index >= 15 is 0 Å². The van der Waals surface area contributed by atoms with Gasteiger partial charge in [0.2, 0.25) is 20.0 Å². The lowest BCUT2D eigenvalue weighted by Crippen LogP contribution is -2.48. The van der Waals surface area contributed by atoms with Gasteiger partial charge in [0.05, 0.1) is 38.8 Å². The van der Waals surface area contributed by atoms with Crippen LogP contribution in [-0.4, -0.2) is 69.5 Å². The second-order valence-electron chi connectivity index (χ2n) is 8.97. The monoisotopic (exact) mass is 596 g/mol. The van der Waals surface area contributed by atoms with Crippen LogP contribution in [0.15, 0.2) is 57.2 Å². The van der Waals surface area contributed by atoms with Gasteiger partial charge in [0, 0.05) is 18.7 Å². The number of ether oxygens (including phenoxy) is 2. The number of amides is 1. The molecule has 1 aliphatic heterocycles. The zero-order valence-electron chi connectivity index (χ0n) is 21.4. The van der Waals surface area contributed by atoms with Crippen LogP contribution in [-0.2, 0) is 40.9 Å². The first-order valence-corrected chi connectivity index (χ1v) is 15.8. The van der Waals surface area contributed by atoms with Gasteiger partial charge in [0.1, 0.15) is 6.54 Å². The second-order valence-corrected chi connectivity index (χ2v) is 13.5. The van der Waals surface area contributed by atoms with Gasteiger partial charge in [-0.2, -0.15) is 9.30 Å². The average Bonchev–Trinajstić information content (AvgIpc) is 3.19. The number of nitrogens with two attached hydrogens (primary N) is 1.